The van der Waals surface area contributed by atoms with E-state index in [0.717, 1.165) is 19.4 Å². The molecular formula is C25H72O7. The maximum Gasteiger partial charge on any atom is 0.140 e. The normalized spacial score (nSPS) is 6.56. The zero-order valence-corrected chi connectivity index (χ0v) is 24.0. The van der Waals surface area contributed by atoms with Gasteiger partial charge in [0.15, 0.2) is 0 Å². The van der Waals surface area contributed by atoms with Crippen molar-refractivity contribution in [3.63, 3.8) is 0 Å². The van der Waals surface area contributed by atoms with Crippen LogP contribution in [0, 0.1) is 11.8 Å². The summed E-state index contributed by atoms with van der Waals surface area (Å²) in [4.78, 5) is 0. The standard InChI is InChI=1S/C4H10O.2C4H10.C3H8O.C3H8.C2H6O.C2H6.CH4O2.CH4O.CH4.H2O/c1-4(2)3-5;1-4(2)3;1-3-4-2;1-2-3-4;1-3-2;1-2-3;1-2;2-1-3;1-2;;/h4-5H,3H2,1-2H3;4H,1-3H3;3-4H2,1-2H3;4H,2-3H2,1H3;3H2,1-2H3;3H,2H2,1H3;1-2H3;2-3H,1H2;2H,1H3;1H4;1H2. The smallest absolute Gasteiger partial charge is 0.140 e. The zero-order chi connectivity index (χ0) is 26.8. The van der Waals surface area contributed by atoms with E-state index in [1.165, 1.54) is 19.3 Å². The van der Waals surface area contributed by atoms with Gasteiger partial charge in [-0.05, 0) is 25.2 Å². The number of aliphatic hydroxyl groups excluding tert-OH is 5. The number of aliphatic hydroxyl groups is 6. The molecule has 0 aliphatic rings. The van der Waals surface area contributed by atoms with E-state index in [9.17, 15) is 0 Å². The summed E-state index contributed by atoms with van der Waals surface area (Å²) in [6, 6.07) is 0. The van der Waals surface area contributed by atoms with Gasteiger partial charge in [-0.3, -0.25) is 0 Å². The Labute approximate surface area is 205 Å². The van der Waals surface area contributed by atoms with E-state index < -0.39 is 6.79 Å². The van der Waals surface area contributed by atoms with Gasteiger partial charge in [-0.1, -0.05) is 110 Å². The van der Waals surface area contributed by atoms with Gasteiger partial charge in [0.2, 0.25) is 0 Å². The number of hydrogen-bond donors (Lipinski definition) is 6. The van der Waals surface area contributed by atoms with Crippen molar-refractivity contribution in [1.29, 1.82) is 0 Å². The Kier molecular flexibility index (Phi) is 314. The lowest BCUT2D eigenvalue weighted by Crippen LogP contribution is -1.90. The fourth-order valence-corrected chi connectivity index (χ4v) is 0. The number of hydrogen-bond acceptors (Lipinski definition) is 6. The molecular weight excluding hydrogens is 412 g/mol. The minimum absolute atomic E-state index is 0. The SMILES string of the molecule is C.CC.CC(C)C.CC(C)CO.CCC.CCCC.CCCO.CCO.CO.O.OCO. The first-order chi connectivity index (χ1) is 14.1. The van der Waals surface area contributed by atoms with Crippen molar-refractivity contribution in [2.24, 2.45) is 11.8 Å². The minimum Gasteiger partial charge on any atom is -0.412 e. The van der Waals surface area contributed by atoms with Crippen LogP contribution in [-0.2, 0) is 0 Å². The Balaban J connectivity index is -0.0000000173. The summed E-state index contributed by atoms with van der Waals surface area (Å²) >= 11 is 0. The molecule has 0 rings (SSSR count). The average molecular weight is 485 g/mol. The van der Waals surface area contributed by atoms with E-state index in [2.05, 4.69) is 48.5 Å². The molecule has 214 valence electrons. The molecule has 0 aliphatic carbocycles. The van der Waals surface area contributed by atoms with Crippen LogP contribution in [0.4, 0.5) is 0 Å². The second kappa shape index (κ2) is 144. The summed E-state index contributed by atoms with van der Waals surface area (Å²) in [5, 5.41) is 44.8. The van der Waals surface area contributed by atoms with E-state index in [1.807, 2.05) is 34.6 Å². The Morgan fingerprint density at radius 1 is 0.594 bits per heavy atom. The summed E-state index contributed by atoms with van der Waals surface area (Å²) < 4.78 is 0. The largest absolute Gasteiger partial charge is 0.412 e. The molecule has 0 heterocycles. The van der Waals surface area contributed by atoms with E-state index in [4.69, 9.17) is 30.6 Å². The minimum atomic E-state index is -0.750. The van der Waals surface area contributed by atoms with Gasteiger partial charge in [0.05, 0.1) is 0 Å². The van der Waals surface area contributed by atoms with Crippen LogP contribution in [0.5, 0.6) is 0 Å². The lowest BCUT2D eigenvalue weighted by atomic mass is 10.2. The van der Waals surface area contributed by atoms with Gasteiger partial charge in [0.25, 0.3) is 0 Å². The zero-order valence-electron chi connectivity index (χ0n) is 24.0. The summed E-state index contributed by atoms with van der Waals surface area (Å²) in [5.74, 6) is 1.27. The molecule has 0 aromatic rings. The Morgan fingerprint density at radius 3 is 0.688 bits per heavy atom. The topological polar surface area (TPSA) is 153 Å². The maximum atomic E-state index is 8.14. The molecule has 0 aromatic carbocycles. The third-order valence-corrected chi connectivity index (χ3v) is 1.09. The third kappa shape index (κ3) is 1770. The van der Waals surface area contributed by atoms with Crippen LogP contribution >= 0.6 is 0 Å². The van der Waals surface area contributed by atoms with Gasteiger partial charge in [-0.15, -0.1) is 0 Å². The van der Waals surface area contributed by atoms with Gasteiger partial charge in [-0.25, -0.2) is 0 Å². The highest BCUT2D eigenvalue weighted by Gasteiger charge is 1.81. The first-order valence-electron chi connectivity index (χ1n) is 11.6. The van der Waals surface area contributed by atoms with E-state index in [0.29, 0.717) is 19.1 Å². The summed E-state index contributed by atoms with van der Waals surface area (Å²) in [6.07, 6.45) is 4.76. The van der Waals surface area contributed by atoms with Crippen LogP contribution in [0.1, 0.15) is 123 Å². The second-order valence-electron chi connectivity index (χ2n) is 6.20. The van der Waals surface area contributed by atoms with Crippen molar-refractivity contribution in [2.45, 2.75) is 123 Å². The average Bonchev–Trinajstić information content (AvgIpc) is 2.72. The molecule has 0 radical (unpaired) electrons. The molecule has 0 atom stereocenters. The van der Waals surface area contributed by atoms with Crippen molar-refractivity contribution in [3.8, 4) is 0 Å². The van der Waals surface area contributed by atoms with Crippen LogP contribution in [0.15, 0.2) is 0 Å². The quantitative estimate of drug-likeness (QED) is 0.299. The summed E-state index contributed by atoms with van der Waals surface area (Å²) in [5.41, 5.74) is 0. The monoisotopic (exact) mass is 485 g/mol. The molecule has 0 aliphatic heterocycles. The molecule has 0 saturated carbocycles. The molecule has 7 nitrogen and oxygen atoms in total. The van der Waals surface area contributed by atoms with Gasteiger partial charge in [0.1, 0.15) is 6.79 Å². The van der Waals surface area contributed by atoms with Crippen LogP contribution in [0.3, 0.4) is 0 Å². The first-order valence-corrected chi connectivity index (χ1v) is 11.6. The number of rotatable bonds is 3. The first kappa shape index (κ1) is 69.7. The van der Waals surface area contributed by atoms with Crippen LogP contribution < -0.4 is 0 Å². The van der Waals surface area contributed by atoms with Crippen LogP contribution in [-0.4, -0.2) is 69.8 Å². The lowest BCUT2D eigenvalue weighted by Gasteiger charge is -1.90. The fourth-order valence-electron chi connectivity index (χ4n) is 0. The molecule has 0 unspecified atom stereocenters. The van der Waals surface area contributed by atoms with Crippen molar-refractivity contribution >= 4 is 0 Å². The molecule has 0 bridgehead atoms. The Hall–Kier alpha value is -0.280. The molecule has 0 spiro atoms. The highest BCUT2D eigenvalue weighted by Crippen LogP contribution is 1.83. The van der Waals surface area contributed by atoms with Crippen molar-refractivity contribution in [3.05, 3.63) is 0 Å². The summed E-state index contributed by atoms with van der Waals surface area (Å²) in [7, 11) is 1.00. The molecule has 0 fully saturated rings. The molecule has 8 N–H and O–H groups in total. The van der Waals surface area contributed by atoms with Gasteiger partial charge in [-0.2, -0.15) is 0 Å². The predicted molar refractivity (Wildman–Crippen MR) is 148 cm³/mol. The molecule has 0 amide bonds. The van der Waals surface area contributed by atoms with E-state index >= 15 is 0 Å². The van der Waals surface area contributed by atoms with Crippen molar-refractivity contribution in [1.82, 2.24) is 0 Å². The molecule has 0 aromatic heterocycles. The molecule has 0 saturated heterocycles. The fraction of sp³-hybridized carbons (Fsp3) is 1.00. The highest BCUT2D eigenvalue weighted by atomic mass is 16.5. The van der Waals surface area contributed by atoms with Crippen LogP contribution in [0.2, 0.25) is 0 Å². The summed E-state index contributed by atoms with van der Waals surface area (Å²) in [6.45, 7) is 26.8. The number of unbranched alkanes of at least 4 members (excludes halogenated alkanes) is 1. The molecule has 32 heavy (non-hydrogen) atoms. The van der Waals surface area contributed by atoms with Gasteiger partial charge in [0, 0.05) is 26.9 Å². The van der Waals surface area contributed by atoms with E-state index in [1.54, 1.807) is 6.92 Å². The van der Waals surface area contributed by atoms with Crippen molar-refractivity contribution in [2.75, 3.05) is 33.7 Å². The third-order valence-electron chi connectivity index (χ3n) is 1.09. The second-order valence-corrected chi connectivity index (χ2v) is 6.20. The van der Waals surface area contributed by atoms with Gasteiger partial charge >= 0.3 is 0 Å². The van der Waals surface area contributed by atoms with Crippen molar-refractivity contribution < 1.29 is 36.1 Å². The maximum absolute atomic E-state index is 8.14. The van der Waals surface area contributed by atoms with Gasteiger partial charge < -0.3 is 36.1 Å². The Morgan fingerprint density at radius 2 is 0.688 bits per heavy atom. The predicted octanol–water partition coefficient (Wildman–Crippen LogP) is 5.28. The molecule has 7 heteroatoms. The van der Waals surface area contributed by atoms with Crippen LogP contribution in [0.25, 0.3) is 0 Å². The van der Waals surface area contributed by atoms with E-state index in [-0.39, 0.29) is 19.5 Å². The Bertz CT molecular complexity index is 111. The lowest BCUT2D eigenvalue weighted by molar-refractivity contribution is 0.0773. The highest BCUT2D eigenvalue weighted by molar-refractivity contribution is 4.32.